The van der Waals surface area contributed by atoms with Crippen LogP contribution in [0, 0.1) is 10.1 Å². The van der Waals surface area contributed by atoms with E-state index >= 15 is 0 Å². The molecule has 0 radical (unpaired) electrons. The van der Waals surface area contributed by atoms with Crippen LogP contribution < -0.4 is 5.32 Å². The Morgan fingerprint density at radius 2 is 2.10 bits per heavy atom. The normalized spacial score (nSPS) is 17.5. The molecule has 0 bridgehead atoms. The first-order valence-corrected chi connectivity index (χ1v) is 7.05. The number of carbonyl (C=O) groups is 1. The van der Waals surface area contributed by atoms with E-state index in [0.717, 1.165) is 12.8 Å². The molecule has 1 heterocycles. The number of hydrogen-bond acceptors (Lipinski definition) is 4. The molecule has 0 unspecified atom stereocenters. The number of ether oxygens (including phenoxy) is 1. The second-order valence-corrected chi connectivity index (χ2v) is 5.82. The van der Waals surface area contributed by atoms with Crippen LogP contribution in [-0.4, -0.2) is 29.6 Å². The van der Waals surface area contributed by atoms with Crippen molar-refractivity contribution in [2.24, 2.45) is 0 Å². The number of nitrogens with one attached hydrogen (secondary N) is 1. The number of nitrogens with zero attached hydrogens (tertiary/aromatic N) is 1. The monoisotopic (exact) mass is 342 g/mol. The summed E-state index contributed by atoms with van der Waals surface area (Å²) in [5.74, 6) is -0.315. The van der Waals surface area contributed by atoms with Crippen molar-refractivity contribution in [1.29, 1.82) is 0 Å². The minimum absolute atomic E-state index is 0.116. The summed E-state index contributed by atoms with van der Waals surface area (Å²) in [5, 5.41) is 13.8. The van der Waals surface area contributed by atoms with Gasteiger partial charge in [-0.1, -0.05) is 6.07 Å². The summed E-state index contributed by atoms with van der Waals surface area (Å²) in [6.45, 7) is 3.17. The van der Waals surface area contributed by atoms with Crippen LogP contribution in [0.3, 0.4) is 0 Å². The van der Waals surface area contributed by atoms with Crippen LogP contribution in [-0.2, 0) is 4.74 Å². The van der Waals surface area contributed by atoms with E-state index in [4.69, 9.17) is 4.74 Å². The van der Waals surface area contributed by atoms with Crippen molar-refractivity contribution in [1.82, 2.24) is 5.32 Å². The molecular formula is C13H15BrN2O4. The van der Waals surface area contributed by atoms with E-state index in [-0.39, 0.29) is 27.2 Å². The molecule has 1 amide bonds. The van der Waals surface area contributed by atoms with Gasteiger partial charge in [0.2, 0.25) is 0 Å². The topological polar surface area (TPSA) is 81.5 Å². The van der Waals surface area contributed by atoms with Crippen LogP contribution in [0.15, 0.2) is 22.7 Å². The van der Waals surface area contributed by atoms with Crippen LogP contribution in [0.1, 0.15) is 30.1 Å². The predicted octanol–water partition coefficient (Wildman–Crippen LogP) is 2.66. The number of amides is 1. The average Bonchev–Trinajstić information content (AvgIpc) is 2.38. The molecule has 0 saturated carbocycles. The summed E-state index contributed by atoms with van der Waals surface area (Å²) in [5.41, 5.74) is -0.180. The molecule has 2 rings (SSSR count). The van der Waals surface area contributed by atoms with E-state index < -0.39 is 4.92 Å². The van der Waals surface area contributed by atoms with Gasteiger partial charge in [0.1, 0.15) is 4.47 Å². The van der Waals surface area contributed by atoms with E-state index in [9.17, 15) is 14.9 Å². The first kappa shape index (κ1) is 14.9. The third-order valence-corrected chi connectivity index (χ3v) is 4.26. The molecule has 1 N–H and O–H groups in total. The van der Waals surface area contributed by atoms with Crippen molar-refractivity contribution in [2.45, 2.75) is 25.3 Å². The molecule has 7 heteroatoms. The zero-order chi connectivity index (χ0) is 14.8. The number of benzene rings is 1. The molecular weight excluding hydrogens is 328 g/mol. The van der Waals surface area contributed by atoms with Crippen molar-refractivity contribution in [2.75, 3.05) is 13.2 Å². The second kappa shape index (κ2) is 5.88. The lowest BCUT2D eigenvalue weighted by atomic mass is 9.92. The van der Waals surface area contributed by atoms with Gasteiger partial charge in [-0.15, -0.1) is 0 Å². The fourth-order valence-corrected chi connectivity index (χ4v) is 2.71. The van der Waals surface area contributed by atoms with Crippen molar-refractivity contribution >= 4 is 27.5 Å². The smallest absolute Gasteiger partial charge is 0.284 e. The van der Waals surface area contributed by atoms with Gasteiger partial charge in [0, 0.05) is 24.8 Å². The van der Waals surface area contributed by atoms with Gasteiger partial charge in [-0.2, -0.15) is 0 Å². The molecule has 6 nitrogen and oxygen atoms in total. The minimum Gasteiger partial charge on any atom is -0.381 e. The first-order chi connectivity index (χ1) is 9.43. The van der Waals surface area contributed by atoms with Crippen LogP contribution >= 0.6 is 15.9 Å². The Balaban J connectivity index is 2.21. The predicted molar refractivity (Wildman–Crippen MR) is 76.7 cm³/mol. The molecule has 1 fully saturated rings. The first-order valence-electron chi connectivity index (χ1n) is 6.26. The summed E-state index contributed by atoms with van der Waals surface area (Å²) in [6, 6.07) is 4.43. The van der Waals surface area contributed by atoms with Gasteiger partial charge < -0.3 is 10.1 Å². The average molecular weight is 343 g/mol. The summed E-state index contributed by atoms with van der Waals surface area (Å²) in [4.78, 5) is 22.7. The number of carbonyl (C=O) groups excluding carboxylic acids is 1. The third kappa shape index (κ3) is 3.16. The lowest BCUT2D eigenvalue weighted by Crippen LogP contribution is -2.49. The molecule has 0 atom stereocenters. The van der Waals surface area contributed by atoms with Gasteiger partial charge in [0.15, 0.2) is 0 Å². The zero-order valence-corrected chi connectivity index (χ0v) is 12.6. The van der Waals surface area contributed by atoms with Gasteiger partial charge in [-0.3, -0.25) is 14.9 Å². The number of hydrogen-bond donors (Lipinski definition) is 1. The molecule has 1 aromatic rings. The zero-order valence-electron chi connectivity index (χ0n) is 11.0. The van der Waals surface area contributed by atoms with Gasteiger partial charge in [-0.25, -0.2) is 0 Å². The summed E-state index contributed by atoms with van der Waals surface area (Å²) < 4.78 is 5.48. The molecule has 0 aliphatic carbocycles. The SMILES string of the molecule is CC1(NC(=O)c2cccc([N+](=O)[O-])c2Br)CCOCC1. The molecule has 1 saturated heterocycles. The standard InChI is InChI=1S/C13H15BrN2O4/c1-13(5-7-20-8-6-13)15-12(17)9-3-2-4-10(11(9)14)16(18)19/h2-4H,5-8H2,1H3,(H,15,17). The minimum atomic E-state index is -0.517. The van der Waals surface area contributed by atoms with Crippen molar-refractivity contribution < 1.29 is 14.5 Å². The number of nitro benzene ring substituents is 1. The Bertz CT molecular complexity index is 541. The van der Waals surface area contributed by atoms with E-state index in [1.165, 1.54) is 12.1 Å². The van der Waals surface area contributed by atoms with Gasteiger partial charge >= 0.3 is 0 Å². The summed E-state index contributed by atoms with van der Waals surface area (Å²) >= 11 is 3.14. The number of rotatable bonds is 3. The highest BCUT2D eigenvalue weighted by Crippen LogP contribution is 2.29. The van der Waals surface area contributed by atoms with Crippen molar-refractivity contribution in [3.8, 4) is 0 Å². The quantitative estimate of drug-likeness (QED) is 0.676. The van der Waals surface area contributed by atoms with Crippen LogP contribution in [0.5, 0.6) is 0 Å². The molecule has 1 aliphatic rings. The Morgan fingerprint density at radius 1 is 1.45 bits per heavy atom. The molecule has 20 heavy (non-hydrogen) atoms. The van der Waals surface area contributed by atoms with Gasteiger partial charge in [0.25, 0.3) is 11.6 Å². The van der Waals surface area contributed by atoms with E-state index in [1.807, 2.05) is 6.92 Å². The maximum atomic E-state index is 12.3. The van der Waals surface area contributed by atoms with E-state index in [2.05, 4.69) is 21.2 Å². The van der Waals surface area contributed by atoms with Crippen LogP contribution in [0.4, 0.5) is 5.69 Å². The number of nitro groups is 1. The Morgan fingerprint density at radius 3 is 2.70 bits per heavy atom. The van der Waals surface area contributed by atoms with E-state index in [1.54, 1.807) is 6.07 Å². The summed E-state index contributed by atoms with van der Waals surface area (Å²) in [6.07, 6.45) is 1.45. The Labute approximate surface area is 124 Å². The van der Waals surface area contributed by atoms with Gasteiger partial charge in [-0.05, 0) is 41.8 Å². The number of halogens is 1. The molecule has 108 valence electrons. The van der Waals surface area contributed by atoms with Gasteiger partial charge in [0.05, 0.1) is 10.5 Å². The van der Waals surface area contributed by atoms with Crippen LogP contribution in [0.25, 0.3) is 0 Å². The maximum Gasteiger partial charge on any atom is 0.284 e. The molecule has 0 aromatic heterocycles. The largest absolute Gasteiger partial charge is 0.381 e. The highest BCUT2D eigenvalue weighted by atomic mass is 79.9. The fourth-order valence-electron chi connectivity index (χ4n) is 2.12. The highest BCUT2D eigenvalue weighted by Gasteiger charge is 2.30. The maximum absolute atomic E-state index is 12.3. The third-order valence-electron chi connectivity index (χ3n) is 3.43. The van der Waals surface area contributed by atoms with Crippen LogP contribution in [0.2, 0.25) is 0 Å². The summed E-state index contributed by atoms with van der Waals surface area (Å²) in [7, 11) is 0. The molecule has 1 aliphatic heterocycles. The highest BCUT2D eigenvalue weighted by molar-refractivity contribution is 9.10. The molecule has 0 spiro atoms. The fraction of sp³-hybridized carbons (Fsp3) is 0.462. The lowest BCUT2D eigenvalue weighted by Gasteiger charge is -2.34. The van der Waals surface area contributed by atoms with Crippen molar-refractivity contribution in [3.05, 3.63) is 38.3 Å². The lowest BCUT2D eigenvalue weighted by molar-refractivity contribution is -0.385. The molecule has 1 aromatic carbocycles. The Kier molecular flexibility index (Phi) is 4.39. The second-order valence-electron chi connectivity index (χ2n) is 5.02. The Hall–Kier alpha value is -1.47. The van der Waals surface area contributed by atoms with Crippen molar-refractivity contribution in [3.63, 3.8) is 0 Å². The van der Waals surface area contributed by atoms with E-state index in [0.29, 0.717) is 13.2 Å².